The summed E-state index contributed by atoms with van der Waals surface area (Å²) in [6.07, 6.45) is 0. The van der Waals surface area contributed by atoms with Gasteiger partial charge in [0.2, 0.25) is 0 Å². The first-order valence-corrected chi connectivity index (χ1v) is 5.13. The summed E-state index contributed by atoms with van der Waals surface area (Å²) in [4.78, 5) is 11.1. The molecular weight excluding hydrogens is 226 g/mol. The predicted molar refractivity (Wildman–Crippen MR) is 63.2 cm³/mol. The second-order valence-corrected chi connectivity index (χ2v) is 3.75. The van der Waals surface area contributed by atoms with Gasteiger partial charge in [-0.3, -0.25) is 4.79 Å². The first-order chi connectivity index (χ1) is 7.70. The monoisotopic (exact) mass is 235 g/mol. The van der Waals surface area contributed by atoms with Crippen LogP contribution >= 0.6 is 11.6 Å². The van der Waals surface area contributed by atoms with Gasteiger partial charge in [-0.1, -0.05) is 23.7 Å². The van der Waals surface area contributed by atoms with E-state index < -0.39 is 0 Å². The number of H-pyrrole nitrogens is 1. The van der Waals surface area contributed by atoms with Gasteiger partial charge in [0.05, 0.1) is 5.69 Å². The molecule has 0 atom stereocenters. The van der Waals surface area contributed by atoms with Crippen molar-refractivity contribution in [3.05, 3.63) is 51.3 Å². The van der Waals surface area contributed by atoms with Crippen molar-refractivity contribution in [2.24, 2.45) is 5.73 Å². The summed E-state index contributed by atoms with van der Waals surface area (Å²) >= 11 is 5.80. The molecule has 0 amide bonds. The van der Waals surface area contributed by atoms with Crippen LogP contribution in [0.5, 0.6) is 0 Å². The van der Waals surface area contributed by atoms with Gasteiger partial charge < -0.3 is 5.73 Å². The van der Waals surface area contributed by atoms with Crippen LogP contribution in [0.25, 0.3) is 11.3 Å². The summed E-state index contributed by atoms with van der Waals surface area (Å²) in [5.74, 6) is 0. The Labute approximate surface area is 97.1 Å². The number of aromatic amines is 1. The molecule has 0 radical (unpaired) electrons. The molecule has 16 heavy (non-hydrogen) atoms. The van der Waals surface area contributed by atoms with E-state index in [1.54, 1.807) is 12.1 Å². The van der Waals surface area contributed by atoms with Crippen molar-refractivity contribution in [1.29, 1.82) is 0 Å². The van der Waals surface area contributed by atoms with Gasteiger partial charge >= 0.3 is 0 Å². The third kappa shape index (κ3) is 2.13. The second kappa shape index (κ2) is 4.47. The van der Waals surface area contributed by atoms with E-state index in [1.165, 1.54) is 6.07 Å². The van der Waals surface area contributed by atoms with Crippen LogP contribution in [0, 0.1) is 0 Å². The highest BCUT2D eigenvalue weighted by molar-refractivity contribution is 6.30. The third-order valence-electron chi connectivity index (χ3n) is 2.22. The average molecular weight is 236 g/mol. The fourth-order valence-electron chi connectivity index (χ4n) is 1.45. The number of aromatic nitrogens is 2. The predicted octanol–water partition coefficient (Wildman–Crippen LogP) is 1.55. The van der Waals surface area contributed by atoms with Gasteiger partial charge in [-0.05, 0) is 17.7 Å². The maximum absolute atomic E-state index is 11.1. The highest BCUT2D eigenvalue weighted by atomic mass is 35.5. The molecule has 0 aliphatic heterocycles. The fraction of sp³-hybridized carbons (Fsp3) is 0.0909. The van der Waals surface area contributed by atoms with E-state index in [2.05, 4.69) is 10.2 Å². The molecule has 0 aliphatic carbocycles. The standard InChI is InChI=1S/C11H10ClN3O/c12-9-3-1-7(2-4-9)11-8(6-13)5-10(16)14-15-11/h1-5H,6,13H2,(H,14,16). The lowest BCUT2D eigenvalue weighted by Gasteiger charge is -2.05. The zero-order valence-electron chi connectivity index (χ0n) is 8.40. The first-order valence-electron chi connectivity index (χ1n) is 4.75. The van der Waals surface area contributed by atoms with Crippen LogP contribution < -0.4 is 11.3 Å². The van der Waals surface area contributed by atoms with Crippen molar-refractivity contribution in [3.8, 4) is 11.3 Å². The molecule has 0 saturated heterocycles. The smallest absolute Gasteiger partial charge is 0.264 e. The second-order valence-electron chi connectivity index (χ2n) is 3.32. The molecule has 0 unspecified atom stereocenters. The van der Waals surface area contributed by atoms with E-state index in [1.807, 2.05) is 12.1 Å². The fourth-order valence-corrected chi connectivity index (χ4v) is 1.58. The molecular formula is C11H10ClN3O. The summed E-state index contributed by atoms with van der Waals surface area (Å²) in [5, 5.41) is 7.04. The number of nitrogens with zero attached hydrogens (tertiary/aromatic N) is 1. The van der Waals surface area contributed by atoms with Crippen molar-refractivity contribution in [3.63, 3.8) is 0 Å². The van der Waals surface area contributed by atoms with E-state index in [4.69, 9.17) is 17.3 Å². The lowest BCUT2D eigenvalue weighted by Crippen LogP contribution is -2.12. The topological polar surface area (TPSA) is 71.8 Å². The van der Waals surface area contributed by atoms with Gasteiger partial charge in [-0.2, -0.15) is 5.10 Å². The number of benzene rings is 1. The van der Waals surface area contributed by atoms with Gasteiger partial charge in [0, 0.05) is 23.2 Å². The van der Waals surface area contributed by atoms with Crippen molar-refractivity contribution < 1.29 is 0 Å². The quantitative estimate of drug-likeness (QED) is 0.830. The van der Waals surface area contributed by atoms with Gasteiger partial charge in [0.15, 0.2) is 0 Å². The molecule has 2 rings (SSSR count). The minimum atomic E-state index is -0.252. The van der Waals surface area contributed by atoms with Crippen LogP contribution in [-0.2, 0) is 6.54 Å². The van der Waals surface area contributed by atoms with Crippen LogP contribution in [0.4, 0.5) is 0 Å². The SMILES string of the molecule is NCc1cc(=O)[nH]nc1-c1ccc(Cl)cc1. The Morgan fingerprint density at radius 2 is 2.00 bits per heavy atom. The number of halogens is 1. The maximum Gasteiger partial charge on any atom is 0.264 e. The zero-order valence-corrected chi connectivity index (χ0v) is 9.16. The molecule has 0 spiro atoms. The highest BCUT2D eigenvalue weighted by Crippen LogP contribution is 2.21. The van der Waals surface area contributed by atoms with Crippen LogP contribution in [0.3, 0.4) is 0 Å². The van der Waals surface area contributed by atoms with Crippen LogP contribution in [-0.4, -0.2) is 10.2 Å². The number of nitrogens with one attached hydrogen (secondary N) is 1. The maximum atomic E-state index is 11.1. The molecule has 4 nitrogen and oxygen atoms in total. The van der Waals surface area contributed by atoms with Gasteiger partial charge in [-0.25, -0.2) is 5.10 Å². The molecule has 3 N–H and O–H groups in total. The largest absolute Gasteiger partial charge is 0.326 e. The van der Waals surface area contributed by atoms with E-state index in [0.29, 0.717) is 16.3 Å². The summed E-state index contributed by atoms with van der Waals surface area (Å²) in [6.45, 7) is 0.273. The van der Waals surface area contributed by atoms with Gasteiger partial charge in [0.1, 0.15) is 0 Å². The third-order valence-corrected chi connectivity index (χ3v) is 2.48. The van der Waals surface area contributed by atoms with E-state index in [0.717, 1.165) is 5.56 Å². The normalized spacial score (nSPS) is 10.4. The summed E-state index contributed by atoms with van der Waals surface area (Å²) in [6, 6.07) is 8.66. The Hall–Kier alpha value is -1.65. The summed E-state index contributed by atoms with van der Waals surface area (Å²) < 4.78 is 0. The molecule has 0 saturated carbocycles. The average Bonchev–Trinajstić information content (AvgIpc) is 2.30. The molecule has 1 aromatic heterocycles. The van der Waals surface area contributed by atoms with Crippen molar-refractivity contribution >= 4 is 11.6 Å². The molecule has 0 bridgehead atoms. The van der Waals surface area contributed by atoms with Gasteiger partial charge in [0.25, 0.3) is 5.56 Å². The minimum absolute atomic E-state index is 0.252. The molecule has 5 heteroatoms. The lowest BCUT2D eigenvalue weighted by atomic mass is 10.1. The summed E-state index contributed by atoms with van der Waals surface area (Å²) in [7, 11) is 0. The van der Waals surface area contributed by atoms with Crippen molar-refractivity contribution in [1.82, 2.24) is 10.2 Å². The van der Waals surface area contributed by atoms with Crippen molar-refractivity contribution in [2.75, 3.05) is 0 Å². The molecule has 2 aromatic rings. The number of hydrogen-bond donors (Lipinski definition) is 2. The Kier molecular flexibility index (Phi) is 3.03. The van der Waals surface area contributed by atoms with Crippen LogP contribution in [0.15, 0.2) is 35.1 Å². The Morgan fingerprint density at radius 3 is 2.62 bits per heavy atom. The molecule has 0 aliphatic rings. The number of rotatable bonds is 2. The number of nitrogens with two attached hydrogens (primary N) is 1. The van der Waals surface area contributed by atoms with E-state index >= 15 is 0 Å². The first kappa shape index (κ1) is 10.9. The Balaban J connectivity index is 2.55. The number of hydrogen-bond acceptors (Lipinski definition) is 3. The molecule has 82 valence electrons. The van der Waals surface area contributed by atoms with Gasteiger partial charge in [-0.15, -0.1) is 0 Å². The highest BCUT2D eigenvalue weighted by Gasteiger charge is 2.06. The van der Waals surface area contributed by atoms with Crippen LogP contribution in [0.1, 0.15) is 5.56 Å². The van der Waals surface area contributed by atoms with E-state index in [-0.39, 0.29) is 12.1 Å². The molecule has 1 aromatic carbocycles. The Morgan fingerprint density at radius 1 is 1.31 bits per heavy atom. The van der Waals surface area contributed by atoms with E-state index in [9.17, 15) is 4.79 Å². The zero-order chi connectivity index (χ0) is 11.5. The molecule has 0 fully saturated rings. The lowest BCUT2D eigenvalue weighted by molar-refractivity contribution is 0.944. The summed E-state index contributed by atoms with van der Waals surface area (Å²) in [5.41, 5.74) is 7.59. The molecule has 1 heterocycles. The minimum Gasteiger partial charge on any atom is -0.326 e. The van der Waals surface area contributed by atoms with Crippen LogP contribution in [0.2, 0.25) is 5.02 Å². The van der Waals surface area contributed by atoms with Crippen molar-refractivity contribution in [2.45, 2.75) is 6.54 Å². The Bertz CT molecular complexity index is 548.